The van der Waals surface area contributed by atoms with Gasteiger partial charge < -0.3 is 4.12 Å². The number of benzene rings is 2. The number of unbranched alkanes of at least 4 members (excludes halogenated alkanes) is 4. The fourth-order valence-corrected chi connectivity index (χ4v) is 6.73. The first-order valence-corrected chi connectivity index (χ1v) is 13.3. The second-order valence-corrected chi connectivity index (χ2v) is 10.8. The van der Waals surface area contributed by atoms with E-state index in [1.807, 2.05) is 0 Å². The van der Waals surface area contributed by atoms with E-state index in [4.69, 9.17) is 4.12 Å². The van der Waals surface area contributed by atoms with Crippen LogP contribution in [0.1, 0.15) is 49.7 Å². The topological polar surface area (TPSA) is 9.23 Å². The third-order valence-electron chi connectivity index (χ3n) is 4.69. The minimum absolute atomic E-state index is 0.199. The Morgan fingerprint density at radius 1 is 0.520 bits per heavy atom. The van der Waals surface area contributed by atoms with E-state index < -0.39 is 0 Å². The molecule has 0 N–H and O–H groups in total. The number of aryl methyl sites for hydroxylation is 2. The monoisotopic (exact) mass is 370 g/mol. The number of rotatable bonds is 14. The minimum Gasteiger partial charge on any atom is -0.465 e. The van der Waals surface area contributed by atoms with E-state index >= 15 is 0 Å². The molecular weight excluding hydrogens is 336 g/mol. The Balaban J connectivity index is 1.30. The van der Waals surface area contributed by atoms with Gasteiger partial charge in [0.15, 0.2) is 0 Å². The van der Waals surface area contributed by atoms with Gasteiger partial charge in [-0.1, -0.05) is 86.3 Å². The molecular formula is C22H34OSi2. The molecule has 0 unspecified atom stereocenters. The smallest absolute Gasteiger partial charge is 0.146 e. The molecule has 2 aromatic carbocycles. The van der Waals surface area contributed by atoms with Crippen molar-refractivity contribution in [1.29, 1.82) is 0 Å². The molecule has 0 saturated carbocycles. The molecule has 0 bridgehead atoms. The maximum atomic E-state index is 6.04. The van der Waals surface area contributed by atoms with Crippen molar-refractivity contribution < 1.29 is 4.12 Å². The predicted molar refractivity (Wildman–Crippen MR) is 116 cm³/mol. The van der Waals surface area contributed by atoms with Crippen LogP contribution in [0.2, 0.25) is 12.1 Å². The molecule has 0 amide bonds. The van der Waals surface area contributed by atoms with Crippen LogP contribution in [0.15, 0.2) is 60.7 Å². The van der Waals surface area contributed by atoms with E-state index in [9.17, 15) is 0 Å². The van der Waals surface area contributed by atoms with E-state index in [1.54, 1.807) is 0 Å². The Morgan fingerprint density at radius 2 is 0.960 bits per heavy atom. The molecule has 0 spiro atoms. The molecule has 2 aromatic rings. The normalized spacial score (nSPS) is 11.8. The first-order chi connectivity index (χ1) is 12.4. The number of hydrogen-bond acceptors (Lipinski definition) is 1. The Bertz CT molecular complexity index is 481. The maximum Gasteiger partial charge on any atom is 0.146 e. The minimum atomic E-state index is -0.199. The van der Waals surface area contributed by atoms with Crippen LogP contribution < -0.4 is 0 Å². The molecule has 0 aliphatic carbocycles. The average molecular weight is 371 g/mol. The van der Waals surface area contributed by atoms with Gasteiger partial charge in [-0.05, 0) is 48.9 Å². The van der Waals surface area contributed by atoms with Gasteiger partial charge in [0.25, 0.3) is 0 Å². The summed E-state index contributed by atoms with van der Waals surface area (Å²) in [5.74, 6) is 0. The molecule has 0 heterocycles. The van der Waals surface area contributed by atoms with Crippen molar-refractivity contribution >= 4 is 19.5 Å². The summed E-state index contributed by atoms with van der Waals surface area (Å²) in [4.78, 5) is 0. The van der Waals surface area contributed by atoms with E-state index in [-0.39, 0.29) is 19.5 Å². The Morgan fingerprint density at radius 3 is 1.40 bits per heavy atom. The molecule has 0 aromatic heterocycles. The van der Waals surface area contributed by atoms with Crippen molar-refractivity contribution in [3.63, 3.8) is 0 Å². The number of hydrogen-bond donors (Lipinski definition) is 0. The summed E-state index contributed by atoms with van der Waals surface area (Å²) in [5.41, 5.74) is 2.96. The standard InChI is InChI=1S/C22H34OSi2/c1-5-13-21(14-6-1)17-9-3-11-19-24-23-25-20-12-4-10-18-22-15-7-2-8-16-22/h1-2,5-8,13-16H,3-4,9-12,17-20,24-25H2. The summed E-state index contributed by atoms with van der Waals surface area (Å²) in [6, 6.07) is 24.5. The van der Waals surface area contributed by atoms with Gasteiger partial charge in [0.05, 0.1) is 0 Å². The zero-order valence-corrected chi connectivity index (χ0v) is 18.5. The van der Waals surface area contributed by atoms with Crippen molar-refractivity contribution in [3.8, 4) is 0 Å². The summed E-state index contributed by atoms with van der Waals surface area (Å²) in [7, 11) is -0.398. The van der Waals surface area contributed by atoms with Crippen LogP contribution in [0, 0.1) is 0 Å². The zero-order valence-electron chi connectivity index (χ0n) is 15.7. The van der Waals surface area contributed by atoms with E-state index in [2.05, 4.69) is 60.7 Å². The van der Waals surface area contributed by atoms with E-state index in [1.165, 1.54) is 74.6 Å². The van der Waals surface area contributed by atoms with Crippen molar-refractivity contribution in [2.75, 3.05) is 0 Å². The van der Waals surface area contributed by atoms with Gasteiger partial charge >= 0.3 is 0 Å². The van der Waals surface area contributed by atoms with Gasteiger partial charge in [0.1, 0.15) is 19.5 Å². The highest BCUT2D eigenvalue weighted by molar-refractivity contribution is 6.42. The lowest BCUT2D eigenvalue weighted by Gasteiger charge is -2.05. The SMILES string of the molecule is c1ccc(CCCCC[SiH2]O[SiH2]CCCCCc2ccccc2)cc1. The third kappa shape index (κ3) is 10.4. The molecule has 2 rings (SSSR count). The summed E-state index contributed by atoms with van der Waals surface area (Å²) in [6.45, 7) is 0. The van der Waals surface area contributed by atoms with E-state index in [0.29, 0.717) is 0 Å². The third-order valence-corrected chi connectivity index (χ3v) is 8.58. The van der Waals surface area contributed by atoms with Gasteiger partial charge in [-0.15, -0.1) is 0 Å². The predicted octanol–water partition coefficient (Wildman–Crippen LogP) is 4.83. The second-order valence-electron chi connectivity index (χ2n) is 6.91. The van der Waals surface area contributed by atoms with Gasteiger partial charge in [0, 0.05) is 0 Å². The summed E-state index contributed by atoms with van der Waals surface area (Å²) in [6.07, 6.45) is 10.6. The quantitative estimate of drug-likeness (QED) is 0.342. The van der Waals surface area contributed by atoms with Crippen molar-refractivity contribution in [1.82, 2.24) is 0 Å². The molecule has 0 fully saturated rings. The molecule has 0 aliphatic heterocycles. The van der Waals surface area contributed by atoms with Gasteiger partial charge in [-0.25, -0.2) is 0 Å². The summed E-state index contributed by atoms with van der Waals surface area (Å²) in [5, 5.41) is 0. The maximum absolute atomic E-state index is 6.04. The lowest BCUT2D eigenvalue weighted by molar-refractivity contribution is 0.608. The second kappa shape index (κ2) is 14.1. The van der Waals surface area contributed by atoms with Crippen LogP contribution in [0.25, 0.3) is 0 Å². The molecule has 0 atom stereocenters. The summed E-state index contributed by atoms with van der Waals surface area (Å²) >= 11 is 0. The Kier molecular flexibility index (Phi) is 11.3. The largest absolute Gasteiger partial charge is 0.465 e. The van der Waals surface area contributed by atoms with Gasteiger partial charge in [0.2, 0.25) is 0 Å². The molecule has 0 radical (unpaired) electrons. The first-order valence-electron chi connectivity index (χ1n) is 10.1. The summed E-state index contributed by atoms with van der Waals surface area (Å²) < 4.78 is 6.04. The van der Waals surface area contributed by atoms with Gasteiger partial charge in [-0.2, -0.15) is 0 Å². The van der Waals surface area contributed by atoms with Crippen LogP contribution in [0.3, 0.4) is 0 Å². The van der Waals surface area contributed by atoms with Crippen molar-refractivity contribution in [2.24, 2.45) is 0 Å². The van der Waals surface area contributed by atoms with Crippen LogP contribution in [0.4, 0.5) is 0 Å². The zero-order chi connectivity index (χ0) is 17.4. The lowest BCUT2D eigenvalue weighted by Crippen LogP contribution is -2.03. The molecule has 1 nitrogen and oxygen atoms in total. The van der Waals surface area contributed by atoms with Crippen LogP contribution >= 0.6 is 0 Å². The van der Waals surface area contributed by atoms with Crippen molar-refractivity contribution in [2.45, 2.75) is 63.5 Å². The Labute approximate surface area is 159 Å². The lowest BCUT2D eigenvalue weighted by atomic mass is 10.1. The van der Waals surface area contributed by atoms with Crippen LogP contribution in [-0.4, -0.2) is 19.5 Å². The average Bonchev–Trinajstić information content (AvgIpc) is 2.67. The van der Waals surface area contributed by atoms with Crippen LogP contribution in [-0.2, 0) is 17.0 Å². The highest BCUT2D eigenvalue weighted by Gasteiger charge is 1.96. The highest BCUT2D eigenvalue weighted by Crippen LogP contribution is 2.09. The molecule has 25 heavy (non-hydrogen) atoms. The fraction of sp³-hybridized carbons (Fsp3) is 0.455. The first kappa shape index (κ1) is 20.1. The molecule has 3 heteroatoms. The molecule has 0 saturated heterocycles. The highest BCUT2D eigenvalue weighted by atomic mass is 28.3. The van der Waals surface area contributed by atoms with Crippen molar-refractivity contribution in [3.05, 3.63) is 71.8 Å². The molecule has 136 valence electrons. The van der Waals surface area contributed by atoms with E-state index in [0.717, 1.165) is 0 Å². The fourth-order valence-electron chi connectivity index (χ4n) is 3.17. The molecule has 0 aliphatic rings. The Hall–Kier alpha value is -1.17. The van der Waals surface area contributed by atoms with Gasteiger partial charge in [-0.3, -0.25) is 0 Å². The van der Waals surface area contributed by atoms with Crippen LogP contribution in [0.5, 0.6) is 0 Å².